The van der Waals surface area contributed by atoms with Crippen LogP contribution < -0.4 is 11.1 Å². The fourth-order valence-electron chi connectivity index (χ4n) is 8.23. The summed E-state index contributed by atoms with van der Waals surface area (Å²) in [6.07, 6.45) is 0. The molecule has 0 atom stereocenters. The van der Waals surface area contributed by atoms with Crippen LogP contribution in [0, 0.1) is 0 Å². The molecule has 3 heterocycles. The van der Waals surface area contributed by atoms with Gasteiger partial charge in [-0.2, -0.15) is 4.52 Å². The first-order chi connectivity index (χ1) is 26.1. The third kappa shape index (κ3) is 4.23. The molecule has 0 aliphatic heterocycles. The number of aromatic nitrogens is 4. The van der Waals surface area contributed by atoms with Crippen LogP contribution in [-0.4, -0.2) is 18.6 Å². The van der Waals surface area contributed by atoms with E-state index in [1.807, 2.05) is 91.0 Å². The van der Waals surface area contributed by atoms with Gasteiger partial charge in [0.25, 0.3) is 11.1 Å². The predicted octanol–water partition coefficient (Wildman–Crippen LogP) is 10.1. The van der Waals surface area contributed by atoms with E-state index in [-0.39, 0.29) is 11.1 Å². The number of fused-ring (bicyclic) bond motifs is 9. The molecule has 0 aliphatic carbocycles. The van der Waals surface area contributed by atoms with E-state index < -0.39 is 0 Å². The standard InChI is InChI=1S/C47H28N4O2/c52-46-39-28-32(38-27-31-11-4-5-14-34(31)36-15-6-7-16-37(36)38)25-26-41(39)50-43-20-10-17-35(44(43)47(53)51(46)50)29-21-23-30(24-22-29)45-48-40-18-8-9-19-42(40)49(45)33-12-2-1-3-13-33/h1-28H. The van der Waals surface area contributed by atoms with Crippen molar-refractivity contribution in [2.75, 3.05) is 0 Å². The minimum Gasteiger partial charge on any atom is -0.292 e. The summed E-state index contributed by atoms with van der Waals surface area (Å²) in [5, 5.41) is 5.63. The van der Waals surface area contributed by atoms with Gasteiger partial charge in [-0.25, -0.2) is 9.50 Å². The SMILES string of the molecule is O=c1c2cc(-c3cc4ccccc4c4ccccc34)ccc2n2c3cccc(-c4ccc(-c5nc6ccccc6n5-c5ccccc5)cc4)c3c(=O)n12. The molecule has 0 spiro atoms. The molecule has 0 bridgehead atoms. The summed E-state index contributed by atoms with van der Waals surface area (Å²) >= 11 is 0. The minimum atomic E-state index is -0.329. The summed E-state index contributed by atoms with van der Waals surface area (Å²) in [6, 6.07) is 57.2. The molecule has 6 heteroatoms. The number of rotatable bonds is 4. The molecule has 8 aromatic carbocycles. The van der Waals surface area contributed by atoms with E-state index in [9.17, 15) is 9.59 Å². The third-order valence-electron chi connectivity index (χ3n) is 10.6. The van der Waals surface area contributed by atoms with Crippen LogP contribution in [-0.2, 0) is 0 Å². The summed E-state index contributed by atoms with van der Waals surface area (Å²) < 4.78 is 5.24. The molecular weight excluding hydrogens is 653 g/mol. The van der Waals surface area contributed by atoms with Gasteiger partial charge in [0.05, 0.1) is 32.8 Å². The van der Waals surface area contributed by atoms with Crippen molar-refractivity contribution < 1.29 is 0 Å². The summed E-state index contributed by atoms with van der Waals surface area (Å²) in [6.45, 7) is 0. The maximum absolute atomic E-state index is 14.3. The lowest BCUT2D eigenvalue weighted by atomic mass is 9.93. The maximum atomic E-state index is 14.3. The van der Waals surface area contributed by atoms with Crippen LogP contribution in [0.1, 0.15) is 0 Å². The number of imidazole rings is 1. The second kappa shape index (κ2) is 11.1. The van der Waals surface area contributed by atoms with Crippen LogP contribution in [0.15, 0.2) is 179 Å². The zero-order valence-corrected chi connectivity index (χ0v) is 28.3. The van der Waals surface area contributed by atoms with E-state index in [1.165, 1.54) is 9.90 Å². The van der Waals surface area contributed by atoms with Crippen molar-refractivity contribution in [2.45, 2.75) is 0 Å². The fraction of sp³-hybridized carbons (Fsp3) is 0. The first-order valence-electron chi connectivity index (χ1n) is 17.6. The molecule has 0 unspecified atom stereocenters. The number of nitrogens with zero attached hydrogens (tertiary/aromatic N) is 4. The minimum absolute atomic E-state index is 0.325. The molecule has 0 fully saturated rings. The Balaban J connectivity index is 1.05. The van der Waals surface area contributed by atoms with Gasteiger partial charge in [0.2, 0.25) is 0 Å². The van der Waals surface area contributed by atoms with Gasteiger partial charge in [-0.05, 0) is 92.3 Å². The van der Waals surface area contributed by atoms with Gasteiger partial charge >= 0.3 is 0 Å². The highest BCUT2D eigenvalue weighted by molar-refractivity contribution is 6.14. The lowest BCUT2D eigenvalue weighted by Gasteiger charge is -2.11. The lowest BCUT2D eigenvalue weighted by Crippen LogP contribution is -2.21. The molecule has 248 valence electrons. The van der Waals surface area contributed by atoms with E-state index in [4.69, 9.17) is 4.98 Å². The highest BCUT2D eigenvalue weighted by atomic mass is 16.2. The third-order valence-corrected chi connectivity index (χ3v) is 10.6. The molecule has 11 rings (SSSR count). The molecule has 3 aromatic heterocycles. The smallest absolute Gasteiger partial charge is 0.283 e. The normalized spacial score (nSPS) is 11.9. The van der Waals surface area contributed by atoms with E-state index in [0.29, 0.717) is 21.8 Å². The Hall–Kier alpha value is -7.31. The van der Waals surface area contributed by atoms with E-state index >= 15 is 0 Å². The summed E-state index contributed by atoms with van der Waals surface area (Å²) in [5.41, 5.74) is 8.31. The van der Waals surface area contributed by atoms with Crippen molar-refractivity contribution in [3.8, 4) is 39.3 Å². The van der Waals surface area contributed by atoms with Gasteiger partial charge in [-0.15, -0.1) is 0 Å². The average Bonchev–Trinajstić information content (AvgIpc) is 3.86. The van der Waals surface area contributed by atoms with Crippen LogP contribution in [0.2, 0.25) is 0 Å². The molecule has 0 radical (unpaired) electrons. The summed E-state index contributed by atoms with van der Waals surface area (Å²) in [7, 11) is 0. The van der Waals surface area contributed by atoms with Crippen LogP contribution in [0.3, 0.4) is 0 Å². The fourth-order valence-corrected chi connectivity index (χ4v) is 8.23. The van der Waals surface area contributed by atoms with Crippen molar-refractivity contribution in [2.24, 2.45) is 0 Å². The topological polar surface area (TPSA) is 60.8 Å². The molecular formula is C47H28N4O2. The van der Waals surface area contributed by atoms with Gasteiger partial charge in [0, 0.05) is 11.3 Å². The van der Waals surface area contributed by atoms with Crippen molar-refractivity contribution in [1.29, 1.82) is 0 Å². The Morgan fingerprint density at radius 1 is 0.415 bits per heavy atom. The average molecular weight is 681 g/mol. The zero-order valence-electron chi connectivity index (χ0n) is 28.3. The van der Waals surface area contributed by atoms with Crippen LogP contribution >= 0.6 is 0 Å². The monoisotopic (exact) mass is 680 g/mol. The van der Waals surface area contributed by atoms with E-state index in [1.54, 1.807) is 4.52 Å². The summed E-state index contributed by atoms with van der Waals surface area (Å²) in [4.78, 5) is 33.4. The van der Waals surface area contributed by atoms with Gasteiger partial charge in [-0.1, -0.05) is 121 Å². The van der Waals surface area contributed by atoms with E-state index in [0.717, 1.165) is 66.5 Å². The van der Waals surface area contributed by atoms with Gasteiger partial charge < -0.3 is 0 Å². The predicted molar refractivity (Wildman–Crippen MR) is 216 cm³/mol. The second-order valence-electron chi connectivity index (χ2n) is 13.5. The van der Waals surface area contributed by atoms with Crippen LogP contribution in [0.4, 0.5) is 0 Å². The number of hydrogen-bond donors (Lipinski definition) is 0. The first-order valence-corrected chi connectivity index (χ1v) is 17.6. The maximum Gasteiger partial charge on any atom is 0.283 e. The Morgan fingerprint density at radius 2 is 1.09 bits per heavy atom. The van der Waals surface area contributed by atoms with Gasteiger partial charge in [0.15, 0.2) is 0 Å². The molecule has 11 aromatic rings. The van der Waals surface area contributed by atoms with Crippen molar-refractivity contribution in [3.05, 3.63) is 191 Å². The van der Waals surface area contributed by atoms with Crippen molar-refractivity contribution >= 4 is 54.4 Å². The summed E-state index contributed by atoms with van der Waals surface area (Å²) in [5.74, 6) is 0.836. The zero-order chi connectivity index (χ0) is 35.2. The Kier molecular flexibility index (Phi) is 6.16. The van der Waals surface area contributed by atoms with Crippen molar-refractivity contribution in [1.82, 2.24) is 18.6 Å². The van der Waals surface area contributed by atoms with Gasteiger partial charge in [0.1, 0.15) is 5.82 Å². The van der Waals surface area contributed by atoms with Gasteiger partial charge in [-0.3, -0.25) is 14.2 Å². The van der Waals surface area contributed by atoms with Crippen molar-refractivity contribution in [3.63, 3.8) is 0 Å². The Morgan fingerprint density at radius 3 is 1.94 bits per heavy atom. The number of benzene rings is 8. The first kappa shape index (κ1) is 29.4. The molecule has 0 saturated carbocycles. The largest absolute Gasteiger partial charge is 0.292 e. The molecule has 0 amide bonds. The lowest BCUT2D eigenvalue weighted by molar-refractivity contribution is 0.841. The Bertz CT molecular complexity index is 3370. The molecule has 6 nitrogen and oxygen atoms in total. The molecule has 0 aliphatic rings. The number of hydrogen-bond acceptors (Lipinski definition) is 3. The molecule has 53 heavy (non-hydrogen) atoms. The number of para-hydroxylation sites is 3. The van der Waals surface area contributed by atoms with E-state index in [2.05, 4.69) is 83.4 Å². The van der Waals surface area contributed by atoms with Crippen LogP contribution in [0.5, 0.6) is 0 Å². The quantitative estimate of drug-likeness (QED) is 0.174. The second-order valence-corrected chi connectivity index (χ2v) is 13.5. The highest BCUT2D eigenvalue weighted by Gasteiger charge is 2.22. The molecule has 0 saturated heterocycles. The Labute approximate surface area is 302 Å². The van der Waals surface area contributed by atoms with Crippen LogP contribution in [0.25, 0.3) is 93.7 Å². The molecule has 0 N–H and O–H groups in total. The highest BCUT2D eigenvalue weighted by Crippen LogP contribution is 2.37.